The molecule has 5 heteroatoms. The monoisotopic (exact) mass is 178 g/mol. The molecule has 1 aliphatic heterocycles. The SMILES string of the molecule is CC1(O)CC(O)C(O)C(CO)O1. The minimum Gasteiger partial charge on any atom is -0.394 e. The standard InChI is InChI=1S/C7H14O5/c1-7(11)2-4(9)6(10)5(3-8)12-7/h4-6,8-11H,2-3H2,1H3. The summed E-state index contributed by atoms with van der Waals surface area (Å²) < 4.78 is 4.90. The van der Waals surface area contributed by atoms with Gasteiger partial charge in [-0.1, -0.05) is 0 Å². The number of aliphatic hydroxyl groups is 4. The van der Waals surface area contributed by atoms with Crippen LogP contribution in [0.2, 0.25) is 0 Å². The zero-order valence-corrected chi connectivity index (χ0v) is 6.84. The van der Waals surface area contributed by atoms with Crippen molar-refractivity contribution < 1.29 is 25.2 Å². The smallest absolute Gasteiger partial charge is 0.165 e. The molecule has 1 aliphatic rings. The Morgan fingerprint density at radius 2 is 2.08 bits per heavy atom. The van der Waals surface area contributed by atoms with Gasteiger partial charge < -0.3 is 25.2 Å². The molecule has 4 atom stereocenters. The van der Waals surface area contributed by atoms with Crippen LogP contribution in [0, 0.1) is 0 Å². The lowest BCUT2D eigenvalue weighted by molar-refractivity contribution is -0.296. The van der Waals surface area contributed by atoms with E-state index in [9.17, 15) is 15.3 Å². The third kappa shape index (κ3) is 1.94. The second-order valence-corrected chi connectivity index (χ2v) is 3.28. The first-order valence-corrected chi connectivity index (χ1v) is 3.83. The van der Waals surface area contributed by atoms with Crippen molar-refractivity contribution in [2.24, 2.45) is 0 Å². The minimum atomic E-state index is -1.47. The van der Waals surface area contributed by atoms with Gasteiger partial charge in [-0.25, -0.2) is 0 Å². The van der Waals surface area contributed by atoms with Gasteiger partial charge in [0, 0.05) is 6.42 Å². The lowest BCUT2D eigenvalue weighted by Crippen LogP contribution is -2.54. The summed E-state index contributed by atoms with van der Waals surface area (Å²) in [6, 6.07) is 0. The van der Waals surface area contributed by atoms with Gasteiger partial charge in [0.15, 0.2) is 5.79 Å². The Labute approximate surface area is 70.2 Å². The molecule has 0 aromatic heterocycles. The molecule has 1 fully saturated rings. The summed E-state index contributed by atoms with van der Waals surface area (Å²) in [6.45, 7) is 0.957. The Morgan fingerprint density at radius 3 is 2.58 bits per heavy atom. The van der Waals surface area contributed by atoms with Gasteiger partial charge >= 0.3 is 0 Å². The van der Waals surface area contributed by atoms with Crippen molar-refractivity contribution in [3.63, 3.8) is 0 Å². The van der Waals surface area contributed by atoms with Crippen molar-refractivity contribution in [1.82, 2.24) is 0 Å². The van der Waals surface area contributed by atoms with Crippen LogP contribution in [0.15, 0.2) is 0 Å². The molecule has 1 heterocycles. The predicted molar refractivity (Wildman–Crippen MR) is 39.2 cm³/mol. The average molecular weight is 178 g/mol. The van der Waals surface area contributed by atoms with Gasteiger partial charge in [0.1, 0.15) is 12.2 Å². The Hall–Kier alpha value is -0.200. The molecule has 0 aliphatic carbocycles. The highest BCUT2D eigenvalue weighted by Gasteiger charge is 2.41. The first-order valence-electron chi connectivity index (χ1n) is 3.83. The number of ether oxygens (including phenoxy) is 1. The van der Waals surface area contributed by atoms with Crippen molar-refractivity contribution in [2.45, 2.75) is 37.4 Å². The Balaban J connectivity index is 2.65. The van der Waals surface area contributed by atoms with Crippen molar-refractivity contribution in [2.75, 3.05) is 6.61 Å². The molecule has 0 amide bonds. The molecular weight excluding hydrogens is 164 g/mol. The molecule has 12 heavy (non-hydrogen) atoms. The van der Waals surface area contributed by atoms with E-state index in [0.29, 0.717) is 0 Å². The predicted octanol–water partition coefficient (Wildman–Crippen LogP) is -1.80. The highest BCUT2D eigenvalue weighted by Crippen LogP contribution is 2.26. The molecule has 1 saturated heterocycles. The van der Waals surface area contributed by atoms with Crippen LogP contribution in [0.4, 0.5) is 0 Å². The molecule has 0 radical (unpaired) electrons. The van der Waals surface area contributed by atoms with Gasteiger partial charge in [0.25, 0.3) is 0 Å². The Bertz CT molecular complexity index is 158. The molecule has 0 aromatic rings. The maximum absolute atomic E-state index is 9.36. The van der Waals surface area contributed by atoms with Crippen LogP contribution in [0.1, 0.15) is 13.3 Å². The molecule has 0 saturated carbocycles. The Morgan fingerprint density at radius 1 is 1.50 bits per heavy atom. The van der Waals surface area contributed by atoms with Crippen LogP contribution >= 0.6 is 0 Å². The average Bonchev–Trinajstić information content (AvgIpc) is 1.96. The quantitative estimate of drug-likeness (QED) is 0.380. The topological polar surface area (TPSA) is 90.2 Å². The second kappa shape index (κ2) is 3.27. The van der Waals surface area contributed by atoms with E-state index in [-0.39, 0.29) is 6.42 Å². The number of hydrogen-bond acceptors (Lipinski definition) is 5. The van der Waals surface area contributed by atoms with Crippen molar-refractivity contribution in [3.05, 3.63) is 0 Å². The van der Waals surface area contributed by atoms with E-state index in [1.165, 1.54) is 6.92 Å². The number of hydrogen-bond donors (Lipinski definition) is 4. The molecule has 4 N–H and O–H groups in total. The maximum atomic E-state index is 9.36. The molecule has 72 valence electrons. The van der Waals surface area contributed by atoms with Crippen LogP contribution in [-0.4, -0.2) is 51.1 Å². The van der Waals surface area contributed by atoms with Gasteiger partial charge in [0.2, 0.25) is 0 Å². The summed E-state index contributed by atoms with van der Waals surface area (Å²) >= 11 is 0. The first kappa shape index (κ1) is 9.88. The number of aliphatic hydroxyl groups excluding tert-OH is 3. The van der Waals surface area contributed by atoms with Crippen LogP contribution in [-0.2, 0) is 4.74 Å². The summed E-state index contributed by atoms with van der Waals surface area (Å²) in [7, 11) is 0. The lowest BCUT2D eigenvalue weighted by Gasteiger charge is -2.39. The van der Waals surface area contributed by atoms with E-state index in [4.69, 9.17) is 9.84 Å². The largest absolute Gasteiger partial charge is 0.394 e. The normalized spacial score (nSPS) is 49.2. The fourth-order valence-corrected chi connectivity index (χ4v) is 1.35. The third-order valence-electron chi connectivity index (χ3n) is 1.95. The molecule has 0 spiro atoms. The van der Waals surface area contributed by atoms with E-state index in [0.717, 1.165) is 0 Å². The van der Waals surface area contributed by atoms with Gasteiger partial charge in [0.05, 0.1) is 12.7 Å². The van der Waals surface area contributed by atoms with Crippen molar-refractivity contribution >= 4 is 0 Å². The highest BCUT2D eigenvalue weighted by atomic mass is 16.6. The van der Waals surface area contributed by atoms with E-state index < -0.39 is 30.7 Å². The van der Waals surface area contributed by atoms with Crippen LogP contribution in [0.25, 0.3) is 0 Å². The summed E-state index contributed by atoms with van der Waals surface area (Å²) in [5.41, 5.74) is 0. The zero-order chi connectivity index (χ0) is 9.35. The maximum Gasteiger partial charge on any atom is 0.165 e. The van der Waals surface area contributed by atoms with Gasteiger partial charge in [-0.3, -0.25) is 0 Å². The molecule has 4 unspecified atom stereocenters. The van der Waals surface area contributed by atoms with Crippen LogP contribution < -0.4 is 0 Å². The molecular formula is C7H14O5. The molecule has 5 nitrogen and oxygen atoms in total. The summed E-state index contributed by atoms with van der Waals surface area (Å²) in [6.07, 6.45) is -3.14. The van der Waals surface area contributed by atoms with Crippen molar-refractivity contribution in [1.29, 1.82) is 0 Å². The highest BCUT2D eigenvalue weighted by molar-refractivity contribution is 4.86. The van der Waals surface area contributed by atoms with Crippen molar-refractivity contribution in [3.8, 4) is 0 Å². The first-order chi connectivity index (χ1) is 5.46. The fourth-order valence-electron chi connectivity index (χ4n) is 1.35. The Kier molecular flexibility index (Phi) is 2.70. The summed E-state index contributed by atoms with van der Waals surface area (Å²) in [5.74, 6) is -1.47. The van der Waals surface area contributed by atoms with Crippen LogP contribution in [0.3, 0.4) is 0 Å². The second-order valence-electron chi connectivity index (χ2n) is 3.28. The summed E-state index contributed by atoms with van der Waals surface area (Å²) in [4.78, 5) is 0. The molecule has 1 rings (SSSR count). The summed E-state index contributed by atoms with van der Waals surface area (Å²) in [5, 5.41) is 36.5. The van der Waals surface area contributed by atoms with E-state index >= 15 is 0 Å². The van der Waals surface area contributed by atoms with E-state index in [2.05, 4.69) is 0 Å². The van der Waals surface area contributed by atoms with Crippen LogP contribution in [0.5, 0.6) is 0 Å². The van der Waals surface area contributed by atoms with E-state index in [1.807, 2.05) is 0 Å². The minimum absolute atomic E-state index is 0.0509. The van der Waals surface area contributed by atoms with Gasteiger partial charge in [-0.05, 0) is 6.92 Å². The lowest BCUT2D eigenvalue weighted by atomic mass is 9.97. The third-order valence-corrected chi connectivity index (χ3v) is 1.95. The van der Waals surface area contributed by atoms with E-state index in [1.54, 1.807) is 0 Å². The number of rotatable bonds is 1. The molecule has 0 aromatic carbocycles. The molecule has 0 bridgehead atoms. The van der Waals surface area contributed by atoms with Gasteiger partial charge in [-0.2, -0.15) is 0 Å². The fraction of sp³-hybridized carbons (Fsp3) is 1.00. The zero-order valence-electron chi connectivity index (χ0n) is 6.84. The van der Waals surface area contributed by atoms with Gasteiger partial charge in [-0.15, -0.1) is 0 Å².